The average Bonchev–Trinajstić information content (AvgIpc) is 3.68. The van der Waals surface area contributed by atoms with Crippen LogP contribution in [0, 0.1) is 0 Å². The summed E-state index contributed by atoms with van der Waals surface area (Å²) in [5, 5.41) is 6.15. The molecule has 4 heteroatoms. The van der Waals surface area contributed by atoms with E-state index in [1.807, 2.05) is 6.07 Å². The van der Waals surface area contributed by atoms with E-state index in [0.717, 1.165) is 73.0 Å². The van der Waals surface area contributed by atoms with E-state index in [9.17, 15) is 0 Å². The molecule has 14 rings (SSSR count). The van der Waals surface area contributed by atoms with Crippen molar-refractivity contribution in [1.29, 1.82) is 0 Å². The normalized spacial score (nSPS) is 13.0. The van der Waals surface area contributed by atoms with Crippen LogP contribution in [-0.4, -0.2) is 15.8 Å². The number of benzene rings is 12. The molecule has 13 aromatic rings. The number of aliphatic imine (C=N–C) groups is 1. The summed E-state index contributed by atoms with van der Waals surface area (Å²) < 4.78 is 0. The largest absolute Gasteiger partial charge is 0.359 e. The van der Waals surface area contributed by atoms with Gasteiger partial charge in [-0.25, -0.2) is 15.0 Å². The molecule has 1 unspecified atom stereocenters. The van der Waals surface area contributed by atoms with Crippen LogP contribution in [0.2, 0.25) is 0 Å². The van der Waals surface area contributed by atoms with Gasteiger partial charge in [0.1, 0.15) is 5.84 Å². The molecule has 1 aliphatic rings. The Morgan fingerprint density at radius 1 is 0.256 bits per heavy atom. The van der Waals surface area contributed by atoms with E-state index in [1.54, 1.807) is 0 Å². The molecule has 0 saturated heterocycles. The van der Waals surface area contributed by atoms with Gasteiger partial charge in [0.2, 0.25) is 0 Å². The summed E-state index contributed by atoms with van der Waals surface area (Å²) in [6, 6.07) is 110. The molecule has 0 fully saturated rings. The Morgan fingerprint density at radius 3 is 1.05 bits per heavy atom. The molecular weight excluding hydrogens is 993 g/mol. The number of amidine groups is 1. The minimum Gasteiger partial charge on any atom is -0.359 e. The first kappa shape index (κ1) is 49.5. The van der Waals surface area contributed by atoms with Gasteiger partial charge in [-0.05, 0) is 101 Å². The fraction of sp³-hybridized carbons (Fsp3) is 0.0128. The van der Waals surface area contributed by atoms with Gasteiger partial charge in [0.15, 0.2) is 5.82 Å². The number of nitrogens with one attached hydrogen (secondary N) is 1. The Labute approximate surface area is 478 Å². The van der Waals surface area contributed by atoms with E-state index in [4.69, 9.17) is 15.0 Å². The Kier molecular flexibility index (Phi) is 13.4. The number of nitrogens with zero attached hydrogens (tertiary/aromatic N) is 3. The van der Waals surface area contributed by atoms with Gasteiger partial charge in [0, 0.05) is 22.3 Å². The number of hydrogen-bond acceptors (Lipinski definition) is 4. The molecule has 0 saturated carbocycles. The monoisotopic (exact) mass is 1050 g/mol. The van der Waals surface area contributed by atoms with Gasteiger partial charge in [-0.15, -0.1) is 0 Å². The van der Waals surface area contributed by atoms with E-state index >= 15 is 0 Å². The summed E-state index contributed by atoms with van der Waals surface area (Å²) in [5.41, 5.74) is 23.1. The van der Waals surface area contributed by atoms with Crippen molar-refractivity contribution in [2.45, 2.75) is 6.04 Å². The van der Waals surface area contributed by atoms with Gasteiger partial charge in [0.05, 0.1) is 23.1 Å². The van der Waals surface area contributed by atoms with E-state index < -0.39 is 0 Å². The maximum Gasteiger partial charge on any atom is 0.160 e. The van der Waals surface area contributed by atoms with Crippen molar-refractivity contribution >= 4 is 22.3 Å². The molecule has 1 aromatic heterocycles. The maximum absolute atomic E-state index is 5.31. The van der Waals surface area contributed by atoms with E-state index in [-0.39, 0.29) is 6.04 Å². The van der Waals surface area contributed by atoms with Gasteiger partial charge < -0.3 is 5.32 Å². The molecule has 0 amide bonds. The van der Waals surface area contributed by atoms with Crippen molar-refractivity contribution in [3.63, 3.8) is 0 Å². The molecule has 1 atom stereocenters. The van der Waals surface area contributed by atoms with Crippen molar-refractivity contribution in [3.8, 4) is 101 Å². The summed E-state index contributed by atoms with van der Waals surface area (Å²) in [7, 11) is 0. The van der Waals surface area contributed by atoms with Crippen LogP contribution in [0.3, 0.4) is 0 Å². The third-order valence-electron chi connectivity index (χ3n) is 15.7. The van der Waals surface area contributed by atoms with Crippen molar-refractivity contribution in [2.75, 3.05) is 0 Å². The molecular formula is C78H54N4. The molecule has 1 aliphatic heterocycles. The fourth-order valence-corrected chi connectivity index (χ4v) is 11.4. The lowest BCUT2D eigenvalue weighted by molar-refractivity contribution is 0.781. The van der Waals surface area contributed by atoms with Crippen LogP contribution in [0.15, 0.2) is 320 Å². The minimum atomic E-state index is -0.0591. The second-order valence-electron chi connectivity index (χ2n) is 20.7. The van der Waals surface area contributed by atoms with E-state index in [1.165, 1.54) is 60.8 Å². The van der Waals surface area contributed by atoms with Crippen LogP contribution in [0.1, 0.15) is 22.7 Å². The van der Waals surface area contributed by atoms with Gasteiger partial charge in [-0.1, -0.05) is 303 Å². The highest BCUT2D eigenvalue weighted by molar-refractivity contribution is 6.06. The quantitative estimate of drug-likeness (QED) is 0.133. The first-order valence-corrected chi connectivity index (χ1v) is 27.9. The third kappa shape index (κ3) is 10.0. The second kappa shape index (κ2) is 22.1. The van der Waals surface area contributed by atoms with Crippen molar-refractivity contribution in [3.05, 3.63) is 332 Å². The van der Waals surface area contributed by atoms with Crippen LogP contribution >= 0.6 is 0 Å². The molecule has 0 radical (unpaired) electrons. The van der Waals surface area contributed by atoms with Crippen molar-refractivity contribution in [2.24, 2.45) is 4.99 Å². The summed E-state index contributed by atoms with van der Waals surface area (Å²) in [6.07, 6.45) is 2.24. The Bertz CT molecular complexity index is 4460. The molecule has 0 bridgehead atoms. The van der Waals surface area contributed by atoms with Crippen LogP contribution in [0.4, 0.5) is 0 Å². The van der Waals surface area contributed by atoms with E-state index in [0.29, 0.717) is 5.82 Å². The van der Waals surface area contributed by atoms with Crippen LogP contribution in [-0.2, 0) is 0 Å². The highest BCUT2D eigenvalue weighted by Crippen LogP contribution is 2.39. The zero-order valence-corrected chi connectivity index (χ0v) is 44.9. The molecule has 386 valence electrons. The lowest BCUT2D eigenvalue weighted by Crippen LogP contribution is -2.31. The predicted molar refractivity (Wildman–Crippen MR) is 342 cm³/mol. The summed E-state index contributed by atoms with van der Waals surface area (Å²) >= 11 is 0. The van der Waals surface area contributed by atoms with Crippen LogP contribution < -0.4 is 5.32 Å². The standard InChI is InChI=1S/C78H54N4/c1-5-19-53(20-6-1)65-27-13-15-29-67(65)55-39-47-63(48-40-55)77-79-73(59-23-9-3-10-24-59)51-75(81-77)61-43-35-57(36-44-61)69-31-17-34-72-70(32-18-33-71(69)72)58-37-45-62(46-38-58)76-52-74(60-25-11-4-12-26-60)80-78(82-76)64-49-41-56(42-50-64)68-30-16-14-28-66(68)54-21-7-2-8-22-54/h1-52,73H,(H,79,81). The van der Waals surface area contributed by atoms with Gasteiger partial charge in [-0.2, -0.15) is 0 Å². The molecule has 0 spiro atoms. The highest BCUT2D eigenvalue weighted by atomic mass is 15.0. The predicted octanol–water partition coefficient (Wildman–Crippen LogP) is 19.8. The maximum atomic E-state index is 5.31. The molecule has 12 aromatic carbocycles. The lowest BCUT2D eigenvalue weighted by atomic mass is 9.92. The summed E-state index contributed by atoms with van der Waals surface area (Å²) in [5.74, 6) is 1.53. The number of hydrogen-bond donors (Lipinski definition) is 1. The molecule has 0 aliphatic carbocycles. The average molecular weight is 1050 g/mol. The van der Waals surface area contributed by atoms with Gasteiger partial charge in [0.25, 0.3) is 0 Å². The highest BCUT2D eigenvalue weighted by Gasteiger charge is 2.21. The number of aromatic nitrogens is 2. The number of fused-ring (bicyclic) bond motifs is 1. The first-order valence-electron chi connectivity index (χ1n) is 27.9. The lowest BCUT2D eigenvalue weighted by Gasteiger charge is -2.24. The molecule has 82 heavy (non-hydrogen) atoms. The SMILES string of the molecule is C1=C(c2ccc(-c3cccc4c(-c5ccc(-c6cc(-c7ccccc7)nc(-c7ccc(-c8ccccc8-c8ccccc8)cc7)n6)cc5)cccc34)cc2)N=C(c2ccc(-c3ccccc3-c3ccccc3)cc2)NC1c1ccccc1. The summed E-state index contributed by atoms with van der Waals surface area (Å²) in [6.45, 7) is 0. The first-order chi connectivity index (χ1) is 40.6. The second-order valence-corrected chi connectivity index (χ2v) is 20.7. The zero-order chi connectivity index (χ0) is 54.6. The Hall–Kier alpha value is -10.8. The molecule has 2 heterocycles. The minimum absolute atomic E-state index is 0.0591. The smallest absolute Gasteiger partial charge is 0.160 e. The van der Waals surface area contributed by atoms with Crippen molar-refractivity contribution in [1.82, 2.24) is 15.3 Å². The van der Waals surface area contributed by atoms with E-state index in [2.05, 4.69) is 315 Å². The molecule has 4 nitrogen and oxygen atoms in total. The third-order valence-corrected chi connectivity index (χ3v) is 15.7. The topological polar surface area (TPSA) is 50.2 Å². The summed E-state index contributed by atoms with van der Waals surface area (Å²) in [4.78, 5) is 15.7. The Morgan fingerprint density at radius 2 is 0.585 bits per heavy atom. The van der Waals surface area contributed by atoms with Gasteiger partial charge in [-0.3, -0.25) is 0 Å². The van der Waals surface area contributed by atoms with Gasteiger partial charge >= 0.3 is 0 Å². The van der Waals surface area contributed by atoms with Crippen LogP contribution in [0.25, 0.3) is 117 Å². The van der Waals surface area contributed by atoms with Crippen molar-refractivity contribution < 1.29 is 0 Å². The Balaban J connectivity index is 0.747. The molecule has 1 N–H and O–H groups in total. The van der Waals surface area contributed by atoms with Crippen LogP contribution in [0.5, 0.6) is 0 Å². The number of rotatable bonds is 12. The fourth-order valence-electron chi connectivity index (χ4n) is 11.4. The zero-order valence-electron chi connectivity index (χ0n) is 44.9.